The van der Waals surface area contributed by atoms with E-state index < -0.39 is 0 Å². The highest BCUT2D eigenvalue weighted by atomic mass is 35.5. The maximum absolute atomic E-state index is 13.0. The van der Waals surface area contributed by atoms with Gasteiger partial charge >= 0.3 is 0 Å². The molecule has 0 bridgehead atoms. The van der Waals surface area contributed by atoms with Crippen LogP contribution in [0.1, 0.15) is 23.6 Å². The number of nitrogens with zero attached hydrogens (tertiary/aromatic N) is 2. The number of pyridine rings is 1. The van der Waals surface area contributed by atoms with Gasteiger partial charge in [-0.15, -0.1) is 0 Å². The fraction of sp³-hybridized carbons (Fsp3) is 0.273. The zero-order valence-corrected chi connectivity index (χ0v) is 15.8. The van der Waals surface area contributed by atoms with Crippen molar-refractivity contribution in [2.75, 3.05) is 19.6 Å². The van der Waals surface area contributed by atoms with Crippen LogP contribution in [0.15, 0.2) is 60.8 Å². The molecule has 1 atom stereocenters. The molecule has 1 aromatic heterocycles. The summed E-state index contributed by atoms with van der Waals surface area (Å²) in [4.78, 5) is 19.4. The molecule has 4 rings (SSSR count). The Hall–Kier alpha value is -2.43. The molecule has 138 valence electrons. The van der Waals surface area contributed by atoms with Crippen molar-refractivity contribution < 1.29 is 4.79 Å². The lowest BCUT2D eigenvalue weighted by molar-refractivity contribution is -0.134. The van der Waals surface area contributed by atoms with E-state index in [1.165, 1.54) is 5.56 Å². The van der Waals surface area contributed by atoms with E-state index in [0.717, 1.165) is 29.6 Å². The minimum absolute atomic E-state index is 0.0193. The van der Waals surface area contributed by atoms with E-state index in [-0.39, 0.29) is 11.9 Å². The smallest absolute Gasteiger partial charge is 0.223 e. The van der Waals surface area contributed by atoms with Crippen LogP contribution in [0.2, 0.25) is 5.02 Å². The Morgan fingerprint density at radius 1 is 1.15 bits per heavy atom. The van der Waals surface area contributed by atoms with Crippen LogP contribution < -0.4 is 5.32 Å². The van der Waals surface area contributed by atoms with Gasteiger partial charge in [-0.05, 0) is 35.7 Å². The Balaban J connectivity index is 1.52. The Morgan fingerprint density at radius 3 is 2.85 bits per heavy atom. The van der Waals surface area contributed by atoms with Gasteiger partial charge < -0.3 is 10.2 Å². The molecule has 1 aliphatic rings. The number of hydrogen-bond donors (Lipinski definition) is 1. The number of fused-ring (bicyclic) bond motifs is 1. The van der Waals surface area contributed by atoms with E-state index >= 15 is 0 Å². The molecule has 2 aromatic carbocycles. The summed E-state index contributed by atoms with van der Waals surface area (Å²) < 4.78 is 0. The lowest BCUT2D eigenvalue weighted by Gasteiger charge is -2.37. The van der Waals surface area contributed by atoms with Gasteiger partial charge in [0.15, 0.2) is 0 Å². The van der Waals surface area contributed by atoms with Gasteiger partial charge in [0, 0.05) is 42.7 Å². The third-order valence-corrected chi connectivity index (χ3v) is 5.52. The van der Waals surface area contributed by atoms with Crippen LogP contribution in [0.3, 0.4) is 0 Å². The molecule has 1 amide bonds. The van der Waals surface area contributed by atoms with Crippen LogP contribution in [0.5, 0.6) is 0 Å². The zero-order valence-electron chi connectivity index (χ0n) is 15.1. The fourth-order valence-corrected chi connectivity index (χ4v) is 4.05. The molecule has 1 unspecified atom stereocenters. The van der Waals surface area contributed by atoms with Crippen molar-refractivity contribution in [2.45, 2.75) is 18.9 Å². The molecule has 0 saturated carbocycles. The number of aromatic nitrogens is 1. The molecule has 0 aliphatic carbocycles. The first-order valence-electron chi connectivity index (χ1n) is 9.31. The first-order chi connectivity index (χ1) is 13.2. The monoisotopic (exact) mass is 379 g/mol. The van der Waals surface area contributed by atoms with Gasteiger partial charge in [-0.25, -0.2) is 0 Å². The van der Waals surface area contributed by atoms with Gasteiger partial charge in [0.2, 0.25) is 5.91 Å². The molecule has 3 aromatic rings. The fourth-order valence-electron chi connectivity index (χ4n) is 3.78. The SMILES string of the molecule is O=C(CCc1ccnc2ccccc12)N1CCNCC1c1ccccc1Cl. The van der Waals surface area contributed by atoms with Crippen LogP contribution in [0.25, 0.3) is 10.9 Å². The second kappa shape index (κ2) is 8.07. The van der Waals surface area contributed by atoms with Crippen molar-refractivity contribution in [3.63, 3.8) is 0 Å². The molecule has 1 fully saturated rings. The molecule has 1 N–H and O–H groups in total. The number of aryl methyl sites for hydroxylation is 1. The second-order valence-corrected chi connectivity index (χ2v) is 7.22. The number of benzene rings is 2. The van der Waals surface area contributed by atoms with E-state index in [1.54, 1.807) is 0 Å². The number of rotatable bonds is 4. The largest absolute Gasteiger partial charge is 0.333 e. The predicted molar refractivity (Wildman–Crippen MR) is 109 cm³/mol. The summed E-state index contributed by atoms with van der Waals surface area (Å²) in [5.74, 6) is 0.169. The van der Waals surface area contributed by atoms with Crippen molar-refractivity contribution in [2.24, 2.45) is 0 Å². The predicted octanol–water partition coefficient (Wildman–Crippen LogP) is 3.99. The number of nitrogens with one attached hydrogen (secondary N) is 1. The number of piperazine rings is 1. The van der Waals surface area contributed by atoms with Crippen LogP contribution >= 0.6 is 11.6 Å². The number of para-hydroxylation sites is 1. The van der Waals surface area contributed by atoms with Crippen molar-refractivity contribution in [1.82, 2.24) is 15.2 Å². The van der Waals surface area contributed by atoms with E-state index in [0.29, 0.717) is 24.4 Å². The third-order valence-electron chi connectivity index (χ3n) is 5.18. The molecule has 1 aliphatic heterocycles. The molecular formula is C22H22ClN3O. The lowest BCUT2D eigenvalue weighted by Crippen LogP contribution is -2.48. The number of carbonyl (C=O) groups excluding carboxylic acids is 1. The number of halogens is 1. The van der Waals surface area contributed by atoms with Crippen LogP contribution in [0, 0.1) is 0 Å². The van der Waals surface area contributed by atoms with Gasteiger partial charge in [0.1, 0.15) is 0 Å². The Morgan fingerprint density at radius 2 is 1.96 bits per heavy atom. The quantitative estimate of drug-likeness (QED) is 0.745. The standard InChI is InChI=1S/C22H22ClN3O/c23-19-7-3-1-6-18(19)21-15-24-13-14-26(21)22(27)10-9-16-11-12-25-20-8-4-2-5-17(16)20/h1-8,11-12,21,24H,9-10,13-15H2. The van der Waals surface area contributed by atoms with Gasteiger partial charge in [0.25, 0.3) is 0 Å². The maximum Gasteiger partial charge on any atom is 0.223 e. The highest BCUT2D eigenvalue weighted by molar-refractivity contribution is 6.31. The van der Waals surface area contributed by atoms with E-state index in [2.05, 4.69) is 16.4 Å². The van der Waals surface area contributed by atoms with Crippen molar-refractivity contribution in [3.05, 3.63) is 76.9 Å². The van der Waals surface area contributed by atoms with Crippen LogP contribution in [-0.4, -0.2) is 35.4 Å². The van der Waals surface area contributed by atoms with Gasteiger partial charge in [-0.3, -0.25) is 9.78 Å². The molecule has 27 heavy (non-hydrogen) atoms. The molecule has 5 heteroatoms. The summed E-state index contributed by atoms with van der Waals surface area (Å²) >= 11 is 6.39. The summed E-state index contributed by atoms with van der Waals surface area (Å²) in [6, 6.07) is 17.9. The average Bonchev–Trinajstić information content (AvgIpc) is 2.72. The average molecular weight is 380 g/mol. The first-order valence-corrected chi connectivity index (χ1v) is 9.69. The van der Waals surface area contributed by atoms with Crippen LogP contribution in [-0.2, 0) is 11.2 Å². The minimum Gasteiger partial charge on any atom is -0.333 e. The second-order valence-electron chi connectivity index (χ2n) is 6.82. The summed E-state index contributed by atoms with van der Waals surface area (Å²) in [5, 5.41) is 5.22. The molecule has 0 radical (unpaired) electrons. The van der Waals surface area contributed by atoms with Crippen molar-refractivity contribution >= 4 is 28.4 Å². The highest BCUT2D eigenvalue weighted by Gasteiger charge is 2.28. The van der Waals surface area contributed by atoms with Gasteiger partial charge in [-0.1, -0.05) is 48.0 Å². The lowest BCUT2D eigenvalue weighted by atomic mass is 10.0. The molecular weight excluding hydrogens is 358 g/mol. The van der Waals surface area contributed by atoms with Gasteiger partial charge in [-0.2, -0.15) is 0 Å². The number of hydrogen-bond acceptors (Lipinski definition) is 3. The number of amides is 1. The first kappa shape index (κ1) is 18.0. The highest BCUT2D eigenvalue weighted by Crippen LogP contribution is 2.29. The molecule has 2 heterocycles. The normalized spacial score (nSPS) is 17.2. The molecule has 0 spiro atoms. The number of carbonyl (C=O) groups is 1. The van der Waals surface area contributed by atoms with E-state index in [1.807, 2.05) is 59.6 Å². The molecule has 4 nitrogen and oxygen atoms in total. The minimum atomic E-state index is -0.0193. The third kappa shape index (κ3) is 3.82. The summed E-state index contributed by atoms with van der Waals surface area (Å²) in [6.45, 7) is 2.24. The van der Waals surface area contributed by atoms with E-state index in [9.17, 15) is 4.79 Å². The Bertz CT molecular complexity index is 954. The summed E-state index contributed by atoms with van der Waals surface area (Å²) in [6.07, 6.45) is 3.01. The molecule has 1 saturated heterocycles. The summed E-state index contributed by atoms with van der Waals surface area (Å²) in [7, 11) is 0. The van der Waals surface area contributed by atoms with Crippen molar-refractivity contribution in [1.29, 1.82) is 0 Å². The summed E-state index contributed by atoms with van der Waals surface area (Å²) in [5.41, 5.74) is 3.14. The zero-order chi connectivity index (χ0) is 18.6. The van der Waals surface area contributed by atoms with E-state index in [4.69, 9.17) is 11.6 Å². The van der Waals surface area contributed by atoms with Gasteiger partial charge in [0.05, 0.1) is 11.6 Å². The maximum atomic E-state index is 13.0. The Kier molecular flexibility index (Phi) is 5.37. The van der Waals surface area contributed by atoms with Crippen molar-refractivity contribution in [3.8, 4) is 0 Å². The topological polar surface area (TPSA) is 45.2 Å². The Labute approximate surface area is 164 Å². The van der Waals surface area contributed by atoms with Crippen LogP contribution in [0.4, 0.5) is 0 Å².